The molecule has 146 valence electrons. The number of hydrogen-bond acceptors (Lipinski definition) is 4. The summed E-state index contributed by atoms with van der Waals surface area (Å²) in [5.41, 5.74) is 1.76. The third-order valence-corrected chi connectivity index (χ3v) is 4.51. The Hall–Kier alpha value is -3.35. The van der Waals surface area contributed by atoms with Crippen molar-refractivity contribution in [2.75, 3.05) is 0 Å². The number of carboxylic acids is 1. The summed E-state index contributed by atoms with van der Waals surface area (Å²) in [5.74, 6) is -1.18. The number of benzene rings is 2. The number of rotatable bonds is 8. The molecule has 3 rings (SSSR count). The van der Waals surface area contributed by atoms with Crippen LogP contribution in [0.4, 0.5) is 0 Å². The van der Waals surface area contributed by atoms with Gasteiger partial charge in [0.25, 0.3) is 0 Å². The quantitative estimate of drug-likeness (QED) is 0.644. The van der Waals surface area contributed by atoms with E-state index in [-0.39, 0.29) is 18.7 Å². The topological polar surface area (TPSA) is 105 Å². The lowest BCUT2D eigenvalue weighted by Gasteiger charge is -2.18. The number of aliphatic carboxylic acids is 1. The number of hydrogen-bond donors (Lipinski definition) is 3. The second-order valence-electron chi connectivity index (χ2n) is 6.68. The summed E-state index contributed by atoms with van der Waals surface area (Å²) in [6.07, 6.45) is 0.765. The van der Waals surface area contributed by atoms with Gasteiger partial charge in [0.15, 0.2) is 0 Å². The van der Waals surface area contributed by atoms with Crippen molar-refractivity contribution in [3.63, 3.8) is 0 Å². The van der Waals surface area contributed by atoms with Crippen molar-refractivity contribution in [3.8, 4) is 5.75 Å². The van der Waals surface area contributed by atoms with Crippen LogP contribution in [0, 0.1) is 0 Å². The van der Waals surface area contributed by atoms with E-state index in [4.69, 9.17) is 4.74 Å². The average Bonchev–Trinajstić information content (AvgIpc) is 3.13. The number of nitrogens with one attached hydrogen (secondary N) is 2. The van der Waals surface area contributed by atoms with Gasteiger partial charge in [-0.3, -0.25) is 9.59 Å². The van der Waals surface area contributed by atoms with Gasteiger partial charge >= 0.3 is 5.97 Å². The van der Waals surface area contributed by atoms with Gasteiger partial charge in [-0.15, -0.1) is 0 Å². The van der Waals surface area contributed by atoms with Gasteiger partial charge in [0.2, 0.25) is 11.8 Å². The van der Waals surface area contributed by atoms with Gasteiger partial charge in [-0.25, -0.2) is 4.79 Å². The van der Waals surface area contributed by atoms with E-state index in [1.165, 1.54) is 0 Å². The highest BCUT2D eigenvalue weighted by Crippen LogP contribution is 2.17. The summed E-state index contributed by atoms with van der Waals surface area (Å²) in [5, 5.41) is 14.5. The molecule has 28 heavy (non-hydrogen) atoms. The number of ether oxygens (including phenoxy) is 1. The van der Waals surface area contributed by atoms with Gasteiger partial charge in [-0.2, -0.15) is 0 Å². The van der Waals surface area contributed by atoms with E-state index in [0.717, 1.165) is 11.1 Å². The maximum atomic E-state index is 12.2. The van der Waals surface area contributed by atoms with Crippen molar-refractivity contribution >= 4 is 17.8 Å². The summed E-state index contributed by atoms with van der Waals surface area (Å²) >= 11 is 0. The van der Waals surface area contributed by atoms with Crippen molar-refractivity contribution in [3.05, 3.63) is 65.7 Å². The molecule has 2 aromatic rings. The molecular weight excluding hydrogens is 360 g/mol. The first-order valence-corrected chi connectivity index (χ1v) is 9.09. The molecule has 0 bridgehead atoms. The zero-order chi connectivity index (χ0) is 19.9. The van der Waals surface area contributed by atoms with Crippen molar-refractivity contribution in [1.29, 1.82) is 0 Å². The fourth-order valence-electron chi connectivity index (χ4n) is 3.02. The predicted molar refractivity (Wildman–Crippen MR) is 102 cm³/mol. The molecule has 0 radical (unpaired) electrons. The molecule has 2 amide bonds. The molecule has 2 atom stereocenters. The van der Waals surface area contributed by atoms with Gasteiger partial charge in [0, 0.05) is 12.8 Å². The average molecular weight is 382 g/mol. The summed E-state index contributed by atoms with van der Waals surface area (Å²) < 4.78 is 5.77. The molecule has 1 aliphatic rings. The van der Waals surface area contributed by atoms with Crippen LogP contribution in [0.1, 0.15) is 24.0 Å². The maximum absolute atomic E-state index is 12.2. The Bertz CT molecular complexity index is 853. The highest BCUT2D eigenvalue weighted by Gasteiger charge is 2.30. The first kappa shape index (κ1) is 19.4. The zero-order valence-corrected chi connectivity index (χ0v) is 15.3. The van der Waals surface area contributed by atoms with E-state index in [1.54, 1.807) is 24.3 Å². The highest BCUT2D eigenvalue weighted by molar-refractivity contribution is 5.92. The van der Waals surface area contributed by atoms with Crippen LogP contribution in [0.25, 0.3) is 0 Å². The van der Waals surface area contributed by atoms with Crippen molar-refractivity contribution in [2.24, 2.45) is 0 Å². The lowest BCUT2D eigenvalue weighted by molar-refractivity contribution is -0.142. The molecule has 1 heterocycles. The lowest BCUT2D eigenvalue weighted by atomic mass is 10.0. The molecule has 0 aromatic heterocycles. The Balaban J connectivity index is 1.60. The third-order valence-electron chi connectivity index (χ3n) is 4.51. The summed E-state index contributed by atoms with van der Waals surface area (Å²) in [6, 6.07) is 15.1. The highest BCUT2D eigenvalue weighted by atomic mass is 16.5. The smallest absolute Gasteiger partial charge is 0.326 e. The van der Waals surface area contributed by atoms with Gasteiger partial charge in [0.1, 0.15) is 24.4 Å². The molecule has 7 heteroatoms. The minimum Gasteiger partial charge on any atom is -0.489 e. The Labute approximate surface area is 162 Å². The molecule has 2 aromatic carbocycles. The number of carboxylic acid groups (broad SMARTS) is 1. The van der Waals surface area contributed by atoms with Crippen LogP contribution < -0.4 is 15.4 Å². The molecule has 1 fully saturated rings. The van der Waals surface area contributed by atoms with E-state index in [9.17, 15) is 19.5 Å². The Kier molecular flexibility index (Phi) is 6.26. The Morgan fingerprint density at radius 1 is 1.14 bits per heavy atom. The molecule has 0 saturated carbocycles. The van der Waals surface area contributed by atoms with Gasteiger partial charge in [-0.1, -0.05) is 42.5 Å². The summed E-state index contributed by atoms with van der Waals surface area (Å²) in [7, 11) is 0. The monoisotopic (exact) mass is 382 g/mol. The fourth-order valence-corrected chi connectivity index (χ4v) is 3.02. The van der Waals surface area contributed by atoms with Crippen LogP contribution in [-0.4, -0.2) is 35.0 Å². The standard InChI is InChI=1S/C21H22N2O5/c24-19-10-9-17(22-19)20(25)23-18(21(26)27)12-15-7-4-8-16(11-15)28-13-14-5-2-1-3-6-14/h1-8,11,17-18H,9-10,12-13H2,(H,22,24)(H,23,25)(H,26,27)/t17-,18+/m1/s1. The Morgan fingerprint density at radius 2 is 1.89 bits per heavy atom. The summed E-state index contributed by atoms with van der Waals surface area (Å²) in [6.45, 7) is 0.408. The van der Waals surface area contributed by atoms with Crippen LogP contribution in [0.15, 0.2) is 54.6 Å². The molecule has 1 saturated heterocycles. The molecule has 7 nitrogen and oxygen atoms in total. The second kappa shape index (κ2) is 9.03. The minimum atomic E-state index is -1.13. The lowest BCUT2D eigenvalue weighted by Crippen LogP contribution is -2.49. The van der Waals surface area contributed by atoms with Gasteiger partial charge in [-0.05, 0) is 29.7 Å². The normalized spacial score (nSPS) is 16.9. The van der Waals surface area contributed by atoms with Crippen molar-refractivity contribution in [2.45, 2.75) is 38.0 Å². The van der Waals surface area contributed by atoms with Crippen LogP contribution in [0.2, 0.25) is 0 Å². The van der Waals surface area contributed by atoms with E-state index in [0.29, 0.717) is 18.8 Å². The van der Waals surface area contributed by atoms with E-state index >= 15 is 0 Å². The molecule has 0 aliphatic carbocycles. The van der Waals surface area contributed by atoms with Crippen LogP contribution in [0.3, 0.4) is 0 Å². The zero-order valence-electron chi connectivity index (χ0n) is 15.3. The van der Waals surface area contributed by atoms with Crippen molar-refractivity contribution < 1.29 is 24.2 Å². The SMILES string of the molecule is O=C1CC[C@H](C(=O)N[C@@H](Cc2cccc(OCc3ccccc3)c2)C(=O)O)N1. The maximum Gasteiger partial charge on any atom is 0.326 e. The fraction of sp³-hybridized carbons (Fsp3) is 0.286. The molecule has 3 N–H and O–H groups in total. The number of carbonyl (C=O) groups excluding carboxylic acids is 2. The van der Waals surface area contributed by atoms with Crippen LogP contribution in [-0.2, 0) is 27.4 Å². The first-order chi connectivity index (χ1) is 13.5. The largest absolute Gasteiger partial charge is 0.489 e. The summed E-state index contributed by atoms with van der Waals surface area (Å²) in [4.78, 5) is 35.0. The predicted octanol–water partition coefficient (Wildman–Crippen LogP) is 1.66. The minimum absolute atomic E-state index is 0.115. The van der Waals surface area contributed by atoms with Crippen LogP contribution in [0.5, 0.6) is 5.75 Å². The van der Waals surface area contributed by atoms with E-state index in [2.05, 4.69) is 10.6 Å². The van der Waals surface area contributed by atoms with E-state index in [1.807, 2.05) is 30.3 Å². The first-order valence-electron chi connectivity index (χ1n) is 9.09. The number of carbonyl (C=O) groups is 3. The van der Waals surface area contributed by atoms with Crippen LogP contribution >= 0.6 is 0 Å². The molecule has 0 spiro atoms. The Morgan fingerprint density at radius 3 is 2.57 bits per heavy atom. The molecule has 0 unspecified atom stereocenters. The van der Waals surface area contributed by atoms with Gasteiger partial charge in [0.05, 0.1) is 0 Å². The second-order valence-corrected chi connectivity index (χ2v) is 6.68. The van der Waals surface area contributed by atoms with E-state index < -0.39 is 24.0 Å². The third kappa shape index (κ3) is 5.33. The molecule has 1 aliphatic heterocycles. The number of amides is 2. The van der Waals surface area contributed by atoms with Crippen molar-refractivity contribution in [1.82, 2.24) is 10.6 Å². The van der Waals surface area contributed by atoms with Gasteiger partial charge < -0.3 is 20.5 Å². The molecular formula is C21H22N2O5.